The molecule has 0 spiro atoms. The van der Waals surface area contributed by atoms with Gasteiger partial charge in [0.2, 0.25) is 0 Å². The van der Waals surface area contributed by atoms with Crippen LogP contribution in [0.15, 0.2) is 59.1 Å². The number of rotatable bonds is 8. The third kappa shape index (κ3) is 4.51. The van der Waals surface area contributed by atoms with Crippen LogP contribution in [-0.4, -0.2) is 18.5 Å². The Balaban J connectivity index is 1.62. The first-order valence-electron chi connectivity index (χ1n) is 9.04. The molecule has 0 N–H and O–H groups in total. The predicted octanol–water partition coefficient (Wildman–Crippen LogP) is 5.53. The van der Waals surface area contributed by atoms with Crippen molar-refractivity contribution >= 4 is 15.9 Å². The summed E-state index contributed by atoms with van der Waals surface area (Å²) in [7, 11) is 2.16. The maximum atomic E-state index is 10.0. The molecule has 1 aliphatic rings. The first-order chi connectivity index (χ1) is 12.1. The quantitative estimate of drug-likeness (QED) is 0.585. The summed E-state index contributed by atoms with van der Waals surface area (Å²) in [4.78, 5) is 2.35. The molecule has 0 amide bonds. The molecule has 0 radical (unpaired) electrons. The van der Waals surface area contributed by atoms with E-state index in [2.05, 4.69) is 88.5 Å². The van der Waals surface area contributed by atoms with Crippen molar-refractivity contribution in [3.63, 3.8) is 0 Å². The van der Waals surface area contributed by atoms with Crippen LogP contribution in [0.25, 0.3) is 0 Å². The first kappa shape index (κ1) is 18.2. The number of nitrogens with zero attached hydrogens (tertiary/aromatic N) is 2. The van der Waals surface area contributed by atoms with E-state index in [0.29, 0.717) is 5.92 Å². The van der Waals surface area contributed by atoms with Crippen molar-refractivity contribution in [2.45, 2.75) is 37.6 Å². The Kier molecular flexibility index (Phi) is 5.93. The molecule has 2 aromatic carbocycles. The smallest absolute Gasteiger partial charge is 0.0850 e. The monoisotopic (exact) mass is 396 g/mol. The van der Waals surface area contributed by atoms with Gasteiger partial charge in [-0.05, 0) is 68.5 Å². The summed E-state index contributed by atoms with van der Waals surface area (Å²) in [5.74, 6) is 0.526. The standard InChI is InChI=1S/C22H25BrN2/c1-25(16-18-6-3-2-4-7-18)15-5-14-22(17-24,19-8-9-19)20-10-12-21(23)13-11-20/h2-4,6-7,10-13,19H,5,8-9,14-16H2,1H3. The van der Waals surface area contributed by atoms with Crippen LogP contribution in [0.5, 0.6) is 0 Å². The Morgan fingerprint density at radius 2 is 1.80 bits per heavy atom. The Morgan fingerprint density at radius 3 is 2.40 bits per heavy atom. The summed E-state index contributed by atoms with van der Waals surface area (Å²) in [6.45, 7) is 1.98. The fourth-order valence-corrected chi connectivity index (χ4v) is 3.99. The van der Waals surface area contributed by atoms with Gasteiger partial charge in [0, 0.05) is 11.0 Å². The highest BCUT2D eigenvalue weighted by Gasteiger charge is 2.46. The fraction of sp³-hybridized carbons (Fsp3) is 0.409. The van der Waals surface area contributed by atoms with Gasteiger partial charge in [0.15, 0.2) is 0 Å². The van der Waals surface area contributed by atoms with Crippen molar-refractivity contribution in [3.05, 3.63) is 70.2 Å². The lowest BCUT2D eigenvalue weighted by Crippen LogP contribution is -2.29. The van der Waals surface area contributed by atoms with E-state index < -0.39 is 0 Å². The summed E-state index contributed by atoms with van der Waals surface area (Å²) in [6, 6.07) is 21.6. The summed E-state index contributed by atoms with van der Waals surface area (Å²) in [6.07, 6.45) is 4.35. The van der Waals surface area contributed by atoms with E-state index in [1.807, 2.05) is 0 Å². The van der Waals surface area contributed by atoms with E-state index in [-0.39, 0.29) is 5.41 Å². The van der Waals surface area contributed by atoms with E-state index in [4.69, 9.17) is 0 Å². The lowest BCUT2D eigenvalue weighted by Gasteiger charge is -2.28. The molecule has 3 heteroatoms. The third-order valence-electron chi connectivity index (χ3n) is 5.24. The molecule has 1 unspecified atom stereocenters. The van der Waals surface area contributed by atoms with Crippen molar-refractivity contribution < 1.29 is 0 Å². The number of benzene rings is 2. The van der Waals surface area contributed by atoms with Gasteiger partial charge in [-0.2, -0.15) is 5.26 Å². The van der Waals surface area contributed by atoms with Crippen molar-refractivity contribution in [2.24, 2.45) is 5.92 Å². The number of halogens is 1. The van der Waals surface area contributed by atoms with E-state index in [9.17, 15) is 5.26 Å². The molecule has 0 aromatic heterocycles. The second-order valence-corrected chi connectivity index (χ2v) is 8.11. The fourth-order valence-electron chi connectivity index (χ4n) is 3.72. The Morgan fingerprint density at radius 1 is 1.12 bits per heavy atom. The van der Waals surface area contributed by atoms with Crippen molar-refractivity contribution in [2.75, 3.05) is 13.6 Å². The summed E-state index contributed by atoms with van der Waals surface area (Å²) >= 11 is 3.50. The molecule has 1 saturated carbocycles. The molecule has 0 aliphatic heterocycles. The van der Waals surface area contributed by atoms with Gasteiger partial charge in [-0.15, -0.1) is 0 Å². The highest BCUT2D eigenvalue weighted by Crippen LogP contribution is 2.50. The maximum Gasteiger partial charge on any atom is 0.0850 e. The topological polar surface area (TPSA) is 27.0 Å². The molecule has 0 heterocycles. The largest absolute Gasteiger partial charge is 0.302 e. The zero-order chi connectivity index (χ0) is 17.7. The van der Waals surface area contributed by atoms with E-state index in [1.165, 1.54) is 24.0 Å². The minimum atomic E-state index is -0.311. The molecule has 2 aromatic rings. The van der Waals surface area contributed by atoms with Crippen LogP contribution in [0.1, 0.15) is 36.8 Å². The Hall–Kier alpha value is -1.63. The number of hydrogen-bond donors (Lipinski definition) is 0. The highest BCUT2D eigenvalue weighted by molar-refractivity contribution is 9.10. The molecule has 1 atom stereocenters. The van der Waals surface area contributed by atoms with Crippen LogP contribution in [0.3, 0.4) is 0 Å². The lowest BCUT2D eigenvalue weighted by molar-refractivity contribution is 0.299. The zero-order valence-electron chi connectivity index (χ0n) is 14.8. The van der Waals surface area contributed by atoms with Crippen molar-refractivity contribution in [1.29, 1.82) is 5.26 Å². The molecule has 0 saturated heterocycles. The molecular weight excluding hydrogens is 372 g/mol. The molecular formula is C22H25BrN2. The predicted molar refractivity (Wildman–Crippen MR) is 106 cm³/mol. The third-order valence-corrected chi connectivity index (χ3v) is 5.77. The van der Waals surface area contributed by atoms with Crippen LogP contribution in [0.2, 0.25) is 0 Å². The van der Waals surface area contributed by atoms with Crippen molar-refractivity contribution in [3.8, 4) is 6.07 Å². The molecule has 130 valence electrons. The van der Waals surface area contributed by atoms with E-state index in [1.54, 1.807) is 0 Å². The Bertz CT molecular complexity index is 716. The molecule has 1 fully saturated rings. The molecule has 0 bridgehead atoms. The van der Waals surface area contributed by atoms with E-state index in [0.717, 1.165) is 30.4 Å². The minimum Gasteiger partial charge on any atom is -0.302 e. The Labute approximate surface area is 159 Å². The minimum absolute atomic E-state index is 0.311. The van der Waals surface area contributed by atoms with Gasteiger partial charge in [-0.1, -0.05) is 58.4 Å². The lowest BCUT2D eigenvalue weighted by atomic mass is 9.74. The van der Waals surface area contributed by atoms with Gasteiger partial charge in [-0.3, -0.25) is 0 Å². The SMILES string of the molecule is CN(CCCC(C#N)(c1ccc(Br)cc1)C1CC1)Cc1ccccc1. The second-order valence-electron chi connectivity index (χ2n) is 7.19. The highest BCUT2D eigenvalue weighted by atomic mass is 79.9. The van der Waals surface area contributed by atoms with Crippen LogP contribution in [-0.2, 0) is 12.0 Å². The average molecular weight is 397 g/mol. The first-order valence-corrected chi connectivity index (χ1v) is 9.83. The van der Waals surface area contributed by atoms with Gasteiger partial charge >= 0.3 is 0 Å². The van der Waals surface area contributed by atoms with Crippen LogP contribution >= 0.6 is 15.9 Å². The van der Waals surface area contributed by atoms with Crippen molar-refractivity contribution in [1.82, 2.24) is 4.90 Å². The zero-order valence-corrected chi connectivity index (χ0v) is 16.4. The summed E-state index contributed by atoms with van der Waals surface area (Å²) in [5.41, 5.74) is 2.21. The molecule has 1 aliphatic carbocycles. The molecule has 3 rings (SSSR count). The van der Waals surface area contributed by atoms with E-state index >= 15 is 0 Å². The summed E-state index contributed by atoms with van der Waals surface area (Å²) < 4.78 is 1.07. The maximum absolute atomic E-state index is 10.0. The number of hydrogen-bond acceptors (Lipinski definition) is 2. The van der Waals surface area contributed by atoms with Gasteiger partial charge in [0.25, 0.3) is 0 Å². The second kappa shape index (κ2) is 8.17. The van der Waals surface area contributed by atoms with Gasteiger partial charge in [-0.25, -0.2) is 0 Å². The number of nitriles is 1. The summed E-state index contributed by atoms with van der Waals surface area (Å²) in [5, 5.41) is 10.0. The van der Waals surface area contributed by atoms with Gasteiger partial charge in [0.1, 0.15) is 0 Å². The molecule has 25 heavy (non-hydrogen) atoms. The van der Waals surface area contributed by atoms with Crippen LogP contribution in [0.4, 0.5) is 0 Å². The molecule has 2 nitrogen and oxygen atoms in total. The average Bonchev–Trinajstić information content (AvgIpc) is 3.46. The van der Waals surface area contributed by atoms with Gasteiger partial charge < -0.3 is 4.90 Å². The van der Waals surface area contributed by atoms with Crippen LogP contribution in [0, 0.1) is 17.2 Å². The van der Waals surface area contributed by atoms with Crippen LogP contribution < -0.4 is 0 Å². The van der Waals surface area contributed by atoms with Gasteiger partial charge in [0.05, 0.1) is 11.5 Å². The normalized spacial score (nSPS) is 16.4.